The van der Waals surface area contributed by atoms with E-state index >= 15 is 0 Å². The number of hydrogen-bond donors (Lipinski definition) is 1. The van der Waals surface area contributed by atoms with E-state index in [4.69, 9.17) is 4.98 Å². The number of benzene rings is 1. The van der Waals surface area contributed by atoms with Gasteiger partial charge in [0.1, 0.15) is 17.3 Å². The second-order valence-electron chi connectivity index (χ2n) is 7.09. The molecule has 0 fully saturated rings. The largest absolute Gasteiger partial charge is 0.383 e. The lowest BCUT2D eigenvalue weighted by Gasteiger charge is -2.13. The molecular formula is C23H26BrFN4O. The number of carbonyl (C=O) groups is 1. The van der Waals surface area contributed by atoms with Crippen LogP contribution in [-0.2, 0) is 19.4 Å². The Labute approximate surface area is 184 Å². The highest BCUT2D eigenvalue weighted by Gasteiger charge is 2.22. The van der Waals surface area contributed by atoms with Gasteiger partial charge in [-0.1, -0.05) is 35.8 Å². The van der Waals surface area contributed by atoms with E-state index < -0.39 is 0 Å². The van der Waals surface area contributed by atoms with Gasteiger partial charge < -0.3 is 9.88 Å². The van der Waals surface area contributed by atoms with Crippen molar-refractivity contribution in [1.82, 2.24) is 14.5 Å². The quantitative estimate of drug-likeness (QED) is 0.399. The van der Waals surface area contributed by atoms with Crippen LogP contribution in [0.1, 0.15) is 54.3 Å². The van der Waals surface area contributed by atoms with Gasteiger partial charge in [-0.2, -0.15) is 0 Å². The Morgan fingerprint density at radius 3 is 2.77 bits per heavy atom. The number of Topliss-reactive ketones (excluding diaryl/α,β-unsaturated/α-hetero) is 1. The number of nitrogens with zero attached hydrogens (tertiary/aromatic N) is 3. The molecule has 7 heteroatoms. The first-order valence-corrected chi connectivity index (χ1v) is 11.0. The number of rotatable bonds is 10. The summed E-state index contributed by atoms with van der Waals surface area (Å²) in [4.78, 5) is 22.0. The third-order valence-electron chi connectivity index (χ3n) is 4.88. The number of pyridine rings is 1. The number of ketones is 1. The minimum absolute atomic E-state index is 0.00983. The zero-order valence-electron chi connectivity index (χ0n) is 17.3. The average Bonchev–Trinajstić information content (AvgIpc) is 3.08. The van der Waals surface area contributed by atoms with Gasteiger partial charge in [0.25, 0.3) is 0 Å². The highest BCUT2D eigenvalue weighted by Crippen LogP contribution is 2.22. The van der Waals surface area contributed by atoms with Crippen LogP contribution < -0.4 is 5.32 Å². The Morgan fingerprint density at radius 2 is 2.10 bits per heavy atom. The van der Waals surface area contributed by atoms with E-state index in [0.717, 1.165) is 30.0 Å². The summed E-state index contributed by atoms with van der Waals surface area (Å²) in [5, 5.41) is 3.22. The zero-order valence-corrected chi connectivity index (χ0v) is 18.9. The molecule has 0 saturated heterocycles. The van der Waals surface area contributed by atoms with E-state index in [9.17, 15) is 9.18 Å². The standard InChI is InChI=1S/C23H26BrFN4O/c1-3-6-22-28-20(4-2)23(21(30)10-12-27-18-7-5-11-26-14-18)29(22)15-16-8-9-17(24)13-19(16)25/h5,7-9,11,13-14,27H,3-4,6,10,12,15H2,1-2H3. The highest BCUT2D eigenvalue weighted by atomic mass is 79.9. The summed E-state index contributed by atoms with van der Waals surface area (Å²) in [6, 6.07) is 8.77. The maximum Gasteiger partial charge on any atom is 0.182 e. The van der Waals surface area contributed by atoms with Crippen molar-refractivity contribution in [3.8, 4) is 0 Å². The Morgan fingerprint density at radius 1 is 1.27 bits per heavy atom. The lowest BCUT2D eigenvalue weighted by atomic mass is 10.1. The summed E-state index contributed by atoms with van der Waals surface area (Å²) in [5.41, 5.74) is 2.79. The van der Waals surface area contributed by atoms with Crippen molar-refractivity contribution >= 4 is 27.4 Å². The Bertz CT molecular complexity index is 1000. The van der Waals surface area contributed by atoms with Gasteiger partial charge in [0.05, 0.1) is 17.9 Å². The Hall–Kier alpha value is -2.54. The molecule has 0 unspecified atom stereocenters. The molecule has 30 heavy (non-hydrogen) atoms. The fourth-order valence-corrected chi connectivity index (χ4v) is 3.76. The Balaban J connectivity index is 1.86. The highest BCUT2D eigenvalue weighted by molar-refractivity contribution is 9.10. The zero-order chi connectivity index (χ0) is 21.5. The maximum atomic E-state index is 14.5. The van der Waals surface area contributed by atoms with Crippen molar-refractivity contribution in [2.75, 3.05) is 11.9 Å². The molecule has 0 spiro atoms. The van der Waals surface area contributed by atoms with Gasteiger partial charge in [0.15, 0.2) is 5.78 Å². The van der Waals surface area contributed by atoms with Crippen LogP contribution in [0.15, 0.2) is 47.2 Å². The summed E-state index contributed by atoms with van der Waals surface area (Å²) in [6.45, 7) is 4.85. The molecule has 0 aliphatic heterocycles. The van der Waals surface area contributed by atoms with Crippen molar-refractivity contribution in [3.05, 3.63) is 75.8 Å². The number of nitrogens with one attached hydrogen (secondary N) is 1. The van der Waals surface area contributed by atoms with Crippen LogP contribution in [0.5, 0.6) is 0 Å². The predicted molar refractivity (Wildman–Crippen MR) is 120 cm³/mol. The molecule has 2 aromatic heterocycles. The molecule has 0 atom stereocenters. The van der Waals surface area contributed by atoms with Gasteiger partial charge in [-0.25, -0.2) is 9.37 Å². The molecule has 3 rings (SSSR count). The third-order valence-corrected chi connectivity index (χ3v) is 5.37. The maximum absolute atomic E-state index is 14.5. The summed E-state index contributed by atoms with van der Waals surface area (Å²) in [6.07, 6.45) is 6.05. The first-order valence-electron chi connectivity index (χ1n) is 10.2. The summed E-state index contributed by atoms with van der Waals surface area (Å²) in [7, 11) is 0. The number of anilines is 1. The molecule has 2 heterocycles. The van der Waals surface area contributed by atoms with Gasteiger partial charge >= 0.3 is 0 Å². The molecular weight excluding hydrogens is 447 g/mol. The number of halogens is 2. The minimum atomic E-state index is -0.296. The molecule has 0 radical (unpaired) electrons. The minimum Gasteiger partial charge on any atom is -0.383 e. The van der Waals surface area contributed by atoms with Crippen molar-refractivity contribution < 1.29 is 9.18 Å². The van der Waals surface area contributed by atoms with Crippen LogP contribution in [0.2, 0.25) is 0 Å². The van der Waals surface area contributed by atoms with Gasteiger partial charge in [-0.15, -0.1) is 0 Å². The van der Waals surface area contributed by atoms with E-state index in [2.05, 4.69) is 33.2 Å². The lowest BCUT2D eigenvalue weighted by molar-refractivity contribution is 0.0976. The smallest absolute Gasteiger partial charge is 0.182 e. The van der Waals surface area contributed by atoms with E-state index in [-0.39, 0.29) is 11.6 Å². The summed E-state index contributed by atoms with van der Waals surface area (Å²) < 4.78 is 17.1. The molecule has 5 nitrogen and oxygen atoms in total. The number of hydrogen-bond acceptors (Lipinski definition) is 4. The SMILES string of the molecule is CCCc1nc(CC)c(C(=O)CCNc2cccnc2)n1Cc1ccc(Br)cc1F. The topological polar surface area (TPSA) is 59.8 Å². The van der Waals surface area contributed by atoms with Gasteiger partial charge in [0, 0.05) is 41.8 Å². The van der Waals surface area contributed by atoms with Crippen molar-refractivity contribution in [1.29, 1.82) is 0 Å². The molecule has 1 N–H and O–H groups in total. The first kappa shape index (κ1) is 22.2. The molecule has 0 aliphatic carbocycles. The van der Waals surface area contributed by atoms with Crippen molar-refractivity contribution in [2.45, 2.75) is 46.1 Å². The summed E-state index contributed by atoms with van der Waals surface area (Å²) >= 11 is 3.30. The van der Waals surface area contributed by atoms with E-state index in [1.54, 1.807) is 18.5 Å². The molecule has 0 aliphatic rings. The van der Waals surface area contributed by atoms with E-state index in [0.29, 0.717) is 41.7 Å². The van der Waals surface area contributed by atoms with Gasteiger partial charge in [-0.3, -0.25) is 9.78 Å². The second-order valence-corrected chi connectivity index (χ2v) is 8.01. The molecule has 3 aromatic rings. The lowest BCUT2D eigenvalue weighted by Crippen LogP contribution is -2.17. The fourth-order valence-electron chi connectivity index (χ4n) is 3.42. The number of aryl methyl sites for hydroxylation is 2. The molecule has 0 bridgehead atoms. The van der Waals surface area contributed by atoms with Crippen LogP contribution >= 0.6 is 15.9 Å². The van der Waals surface area contributed by atoms with Crippen molar-refractivity contribution in [3.63, 3.8) is 0 Å². The van der Waals surface area contributed by atoms with Crippen molar-refractivity contribution in [2.24, 2.45) is 0 Å². The normalized spacial score (nSPS) is 10.9. The van der Waals surface area contributed by atoms with Crippen LogP contribution in [0.4, 0.5) is 10.1 Å². The van der Waals surface area contributed by atoms with Crippen LogP contribution in [-0.4, -0.2) is 26.9 Å². The van der Waals surface area contributed by atoms with Gasteiger partial charge in [-0.05, 0) is 37.1 Å². The van der Waals surface area contributed by atoms with Crippen LogP contribution in [0.3, 0.4) is 0 Å². The monoisotopic (exact) mass is 472 g/mol. The molecule has 0 amide bonds. The molecule has 158 valence electrons. The number of imidazole rings is 1. The average molecular weight is 473 g/mol. The molecule has 1 aromatic carbocycles. The van der Waals surface area contributed by atoms with Crippen LogP contribution in [0.25, 0.3) is 0 Å². The fraction of sp³-hybridized carbons (Fsp3) is 0.348. The number of carbonyl (C=O) groups excluding carboxylic acids is 1. The predicted octanol–water partition coefficient (Wildman–Crippen LogP) is 5.43. The Kier molecular flexibility index (Phi) is 7.74. The van der Waals surface area contributed by atoms with E-state index in [1.807, 2.05) is 29.7 Å². The van der Waals surface area contributed by atoms with Crippen LogP contribution in [0, 0.1) is 5.82 Å². The summed E-state index contributed by atoms with van der Waals surface area (Å²) in [5.74, 6) is 0.547. The second kappa shape index (κ2) is 10.5. The first-order chi connectivity index (χ1) is 14.5. The van der Waals surface area contributed by atoms with Gasteiger partial charge in [0.2, 0.25) is 0 Å². The number of aromatic nitrogens is 3. The molecule has 0 saturated carbocycles. The van der Waals surface area contributed by atoms with E-state index in [1.165, 1.54) is 6.07 Å². The third kappa shape index (κ3) is 5.33.